The van der Waals surface area contributed by atoms with Crippen molar-refractivity contribution in [3.05, 3.63) is 24.2 Å². The molecule has 2 bridgehead atoms. The Kier molecular flexibility index (Phi) is 8.27. The number of aliphatic hydroxyl groups excluding tert-OH is 3. The van der Waals surface area contributed by atoms with E-state index in [9.17, 15) is 39.6 Å². The highest BCUT2D eigenvalue weighted by molar-refractivity contribution is 5.86. The first-order valence-corrected chi connectivity index (χ1v) is 16.8. The molecule has 13 heteroatoms. The van der Waals surface area contributed by atoms with Gasteiger partial charge in [-0.15, -0.1) is 0 Å². The van der Waals surface area contributed by atoms with Gasteiger partial charge in [0.05, 0.1) is 42.7 Å². The van der Waals surface area contributed by atoms with E-state index in [1.807, 2.05) is 6.92 Å². The Bertz CT molecular complexity index is 1480. The van der Waals surface area contributed by atoms with Crippen LogP contribution in [0.5, 0.6) is 0 Å². The maximum atomic E-state index is 14.9. The molecule has 15 atom stereocenters. The molecular weight excluding hydrogens is 628 g/mol. The van der Waals surface area contributed by atoms with Gasteiger partial charge in [-0.25, -0.2) is 0 Å². The second-order valence-corrected chi connectivity index (χ2v) is 15.6. The smallest absolute Gasteiger partial charge is 0.310 e. The highest BCUT2D eigenvalue weighted by atomic mass is 16.7. The lowest BCUT2D eigenvalue weighted by Crippen LogP contribution is -2.85. The lowest BCUT2D eigenvalue weighted by Gasteiger charge is -2.74. The number of carbonyl (C=O) groups excluding carboxylic acids is 4. The maximum absolute atomic E-state index is 14.9. The van der Waals surface area contributed by atoms with Crippen LogP contribution in [0.25, 0.3) is 0 Å². The van der Waals surface area contributed by atoms with Crippen LogP contribution in [-0.2, 0) is 38.1 Å². The van der Waals surface area contributed by atoms with Crippen LogP contribution in [0.3, 0.4) is 0 Å². The van der Waals surface area contributed by atoms with Gasteiger partial charge in [0, 0.05) is 42.4 Å². The lowest BCUT2D eigenvalue weighted by molar-refractivity contribution is -0.399. The van der Waals surface area contributed by atoms with Crippen molar-refractivity contribution in [1.29, 1.82) is 0 Å². The van der Waals surface area contributed by atoms with E-state index in [0.29, 0.717) is 12.0 Å². The Labute approximate surface area is 279 Å². The third kappa shape index (κ3) is 4.20. The van der Waals surface area contributed by atoms with Crippen LogP contribution in [0.1, 0.15) is 85.6 Å². The van der Waals surface area contributed by atoms with Crippen molar-refractivity contribution in [2.24, 2.45) is 39.4 Å². The fraction of sp³-hybridized carbons (Fsp3) is 0.771. The average molecular weight is 677 g/mol. The summed E-state index contributed by atoms with van der Waals surface area (Å²) in [6, 6.07) is 1.73. The molecule has 6 rings (SSSR count). The number of Topliss-reactive ketones (excluding diaryl/α,β-unsaturated/α-hetero) is 1. The van der Waals surface area contributed by atoms with Gasteiger partial charge < -0.3 is 43.8 Å². The van der Waals surface area contributed by atoms with Crippen molar-refractivity contribution in [3.8, 4) is 0 Å². The summed E-state index contributed by atoms with van der Waals surface area (Å²) in [5.74, 6) is -5.83. The molecule has 266 valence electrons. The number of rotatable bonds is 6. The first-order chi connectivity index (χ1) is 22.4. The molecule has 0 aromatic carbocycles. The third-order valence-electron chi connectivity index (χ3n) is 13.5. The second-order valence-electron chi connectivity index (χ2n) is 15.6. The Morgan fingerprint density at radius 2 is 1.69 bits per heavy atom. The van der Waals surface area contributed by atoms with Gasteiger partial charge in [-0.1, -0.05) is 27.7 Å². The van der Waals surface area contributed by atoms with E-state index >= 15 is 0 Å². The predicted octanol–water partition coefficient (Wildman–Crippen LogP) is 2.02. The number of furan rings is 1. The maximum Gasteiger partial charge on any atom is 0.310 e. The molecule has 48 heavy (non-hydrogen) atoms. The van der Waals surface area contributed by atoms with Gasteiger partial charge in [0.25, 0.3) is 0 Å². The quantitative estimate of drug-likeness (QED) is 0.252. The summed E-state index contributed by atoms with van der Waals surface area (Å²) in [6.45, 7) is 10.3. The number of hydrogen-bond donors (Lipinski definition) is 4. The van der Waals surface area contributed by atoms with Crippen molar-refractivity contribution < 1.29 is 63.0 Å². The van der Waals surface area contributed by atoms with Gasteiger partial charge in [0.15, 0.2) is 12.2 Å². The molecule has 2 unspecified atom stereocenters. The van der Waals surface area contributed by atoms with E-state index < -0.39 is 106 Å². The Morgan fingerprint density at radius 1 is 1.02 bits per heavy atom. The van der Waals surface area contributed by atoms with Gasteiger partial charge in [-0.05, 0) is 49.7 Å². The second kappa shape index (κ2) is 11.3. The van der Waals surface area contributed by atoms with Gasteiger partial charge >= 0.3 is 17.9 Å². The summed E-state index contributed by atoms with van der Waals surface area (Å²) in [5, 5.41) is 49.6. The van der Waals surface area contributed by atoms with Gasteiger partial charge in [0.2, 0.25) is 6.29 Å². The topological polar surface area (TPSA) is 199 Å². The van der Waals surface area contributed by atoms with Crippen LogP contribution in [-0.4, -0.2) is 93.1 Å². The Morgan fingerprint density at radius 3 is 2.27 bits per heavy atom. The highest BCUT2D eigenvalue weighted by Gasteiger charge is 2.85. The summed E-state index contributed by atoms with van der Waals surface area (Å²) in [6.07, 6.45) is -5.72. The summed E-state index contributed by atoms with van der Waals surface area (Å²) in [5.41, 5.74) is -7.59. The van der Waals surface area contributed by atoms with E-state index in [2.05, 4.69) is 0 Å². The largest absolute Gasteiger partial charge is 0.472 e. The van der Waals surface area contributed by atoms with Crippen LogP contribution in [0.2, 0.25) is 0 Å². The lowest BCUT2D eigenvalue weighted by atomic mass is 9.32. The van der Waals surface area contributed by atoms with Crippen LogP contribution >= 0.6 is 0 Å². The first-order valence-electron chi connectivity index (χ1n) is 16.8. The Balaban J connectivity index is 1.56. The molecule has 2 heterocycles. The molecule has 4 saturated carbocycles. The fourth-order valence-corrected chi connectivity index (χ4v) is 11.2. The van der Waals surface area contributed by atoms with Gasteiger partial charge in [-0.3, -0.25) is 19.2 Å². The van der Waals surface area contributed by atoms with Crippen molar-refractivity contribution in [1.82, 2.24) is 0 Å². The van der Waals surface area contributed by atoms with Crippen molar-refractivity contribution in [3.63, 3.8) is 0 Å². The highest BCUT2D eigenvalue weighted by Crippen LogP contribution is 2.77. The minimum absolute atomic E-state index is 0.0836. The standard InChI is InChI=1S/C35H48O13/c1-8-16(2)29(42)48-30-32(6)22-12-23(39)33(7)26(34(22,15-45-30)27(41)25(46-17(3)36)28(32)47-18(4)37)21(38)13-31(5)20(19-9-10-44-14-19)11-24(40)35(31,33)43/h9-10,14,16,20,22-28,30,39-41,43H,8,11-13,15H2,1-7H3/t16?,20-,22-,23+,24+,25+,26-,27-,28+,30?,31+,32-,33+,34-,35-/m0/s1. The molecule has 13 nitrogen and oxygen atoms in total. The van der Waals surface area contributed by atoms with Crippen LogP contribution in [0.15, 0.2) is 23.0 Å². The van der Waals surface area contributed by atoms with E-state index in [4.69, 9.17) is 23.4 Å². The summed E-state index contributed by atoms with van der Waals surface area (Å²) >= 11 is 0. The zero-order chi connectivity index (χ0) is 35.4. The van der Waals surface area contributed by atoms with E-state index in [1.54, 1.807) is 33.8 Å². The van der Waals surface area contributed by atoms with Crippen LogP contribution in [0.4, 0.5) is 0 Å². The number of ketones is 1. The SMILES string of the molecule is CCC(C)C(=O)OC1OC[C@@]23[C@H]4C(=O)C[C@]5(C)[C@H](c6ccoc6)C[C@@H](O)[C@@]5(O)[C@]4(C)[C@H](O)C[C@H]2[C@@]1(C)[C@H](OC(C)=O)[C@H](OC(C)=O)[C@@H]3O. The molecule has 5 fully saturated rings. The number of hydrogen-bond acceptors (Lipinski definition) is 13. The van der Waals surface area contributed by atoms with Crippen molar-refractivity contribution >= 4 is 23.7 Å². The molecular formula is C35H48O13. The summed E-state index contributed by atoms with van der Waals surface area (Å²) in [7, 11) is 0. The molecule has 0 spiro atoms. The minimum Gasteiger partial charge on any atom is -0.472 e. The predicted molar refractivity (Wildman–Crippen MR) is 163 cm³/mol. The molecule has 1 aromatic rings. The number of ether oxygens (including phenoxy) is 4. The fourth-order valence-electron chi connectivity index (χ4n) is 11.2. The molecule has 1 aliphatic heterocycles. The van der Waals surface area contributed by atoms with Crippen molar-refractivity contribution in [2.75, 3.05) is 6.61 Å². The molecule has 5 aliphatic rings. The molecule has 0 amide bonds. The average Bonchev–Trinajstić information content (AvgIpc) is 3.61. The zero-order valence-corrected chi connectivity index (χ0v) is 28.5. The van der Waals surface area contributed by atoms with Gasteiger partial charge in [0.1, 0.15) is 17.5 Å². The van der Waals surface area contributed by atoms with E-state index in [1.165, 1.54) is 12.5 Å². The van der Waals surface area contributed by atoms with E-state index in [0.717, 1.165) is 13.8 Å². The first kappa shape index (κ1) is 35.0. The minimum atomic E-state index is -2.06. The zero-order valence-electron chi connectivity index (χ0n) is 28.5. The van der Waals surface area contributed by atoms with Crippen molar-refractivity contribution in [2.45, 2.75) is 122 Å². The monoisotopic (exact) mass is 676 g/mol. The number of aliphatic hydroxyl groups is 4. The molecule has 1 saturated heterocycles. The number of carbonyl (C=O) groups is 4. The van der Waals surface area contributed by atoms with E-state index in [-0.39, 0.29) is 31.7 Å². The number of esters is 3. The third-order valence-corrected chi connectivity index (χ3v) is 13.5. The van der Waals surface area contributed by atoms with Gasteiger partial charge in [-0.2, -0.15) is 0 Å². The summed E-state index contributed by atoms with van der Waals surface area (Å²) in [4.78, 5) is 53.3. The number of fused-ring (bicyclic) bond motifs is 3. The normalized spacial score (nSPS) is 48.4. The molecule has 0 radical (unpaired) electrons. The van der Waals surface area contributed by atoms with Crippen LogP contribution in [0, 0.1) is 39.4 Å². The Hall–Kier alpha value is -2.84. The molecule has 4 aliphatic carbocycles. The van der Waals surface area contributed by atoms with Crippen LogP contribution < -0.4 is 0 Å². The molecule has 4 N–H and O–H groups in total. The molecule has 1 aromatic heterocycles. The summed E-state index contributed by atoms with van der Waals surface area (Å²) < 4.78 is 29.1.